The van der Waals surface area contributed by atoms with Crippen molar-refractivity contribution in [2.75, 3.05) is 6.54 Å². The Hall–Kier alpha value is -2.60. The van der Waals surface area contributed by atoms with Gasteiger partial charge < -0.3 is 10.5 Å². The van der Waals surface area contributed by atoms with Gasteiger partial charge in [-0.05, 0) is 12.5 Å². The molecule has 0 aliphatic carbocycles. The number of hydrogen-bond acceptors (Lipinski definition) is 4. The van der Waals surface area contributed by atoms with Crippen LogP contribution >= 0.6 is 0 Å². The van der Waals surface area contributed by atoms with E-state index in [1.165, 1.54) is 24.3 Å². The van der Waals surface area contributed by atoms with E-state index in [1.54, 1.807) is 37.3 Å². The van der Waals surface area contributed by atoms with Crippen LogP contribution in [0.4, 0.5) is 8.78 Å². The van der Waals surface area contributed by atoms with Gasteiger partial charge in [0.15, 0.2) is 0 Å². The molecular formula is C19H19F2NO3. The molecule has 1 unspecified atom stereocenters. The van der Waals surface area contributed by atoms with Gasteiger partial charge in [0.2, 0.25) is 5.78 Å². The van der Waals surface area contributed by atoms with Crippen molar-refractivity contribution in [1.82, 2.24) is 0 Å². The molecular weight excluding hydrogens is 328 g/mol. The van der Waals surface area contributed by atoms with Crippen molar-refractivity contribution in [1.29, 1.82) is 0 Å². The highest BCUT2D eigenvalue weighted by Gasteiger charge is 2.43. The molecule has 4 nitrogen and oxygen atoms in total. The number of esters is 1. The number of benzene rings is 2. The van der Waals surface area contributed by atoms with Crippen molar-refractivity contribution in [3.8, 4) is 0 Å². The second kappa shape index (κ2) is 7.98. The van der Waals surface area contributed by atoms with Crippen LogP contribution < -0.4 is 5.73 Å². The lowest BCUT2D eigenvalue weighted by atomic mass is 9.96. The quantitative estimate of drug-likeness (QED) is 0.615. The fourth-order valence-electron chi connectivity index (χ4n) is 2.43. The smallest absolute Gasteiger partial charge is 0.320 e. The van der Waals surface area contributed by atoms with Crippen LogP contribution in [0.25, 0.3) is 0 Å². The minimum Gasteiger partial charge on any atom is -0.456 e. The SMILES string of the molecule is Cc1cccc(C(CC(F)(F)C(=O)c2ccccc2)OC(=O)CN)c1. The van der Waals surface area contributed by atoms with Gasteiger partial charge in [0.05, 0.1) is 13.0 Å². The number of halogens is 2. The number of ether oxygens (including phenoxy) is 1. The van der Waals surface area contributed by atoms with Crippen molar-refractivity contribution in [3.05, 3.63) is 71.3 Å². The van der Waals surface area contributed by atoms with Gasteiger partial charge in [-0.2, -0.15) is 8.78 Å². The Bertz CT molecular complexity index is 747. The molecule has 2 rings (SSSR count). The number of aryl methyl sites for hydroxylation is 1. The van der Waals surface area contributed by atoms with Crippen molar-refractivity contribution >= 4 is 11.8 Å². The standard InChI is InChI=1S/C19H19F2NO3/c1-13-6-5-9-15(10-13)16(25-17(23)12-22)11-19(20,21)18(24)14-7-3-2-4-8-14/h2-10,16H,11-12,22H2,1H3. The summed E-state index contributed by atoms with van der Waals surface area (Å²) in [4.78, 5) is 23.7. The van der Waals surface area contributed by atoms with Crippen LogP contribution in [-0.2, 0) is 9.53 Å². The van der Waals surface area contributed by atoms with Gasteiger partial charge in [-0.3, -0.25) is 9.59 Å². The molecule has 2 N–H and O–H groups in total. The zero-order valence-corrected chi connectivity index (χ0v) is 13.7. The van der Waals surface area contributed by atoms with E-state index in [0.717, 1.165) is 5.56 Å². The van der Waals surface area contributed by atoms with E-state index < -0.39 is 36.7 Å². The van der Waals surface area contributed by atoms with E-state index in [2.05, 4.69) is 0 Å². The number of carbonyl (C=O) groups excluding carboxylic acids is 2. The monoisotopic (exact) mass is 347 g/mol. The molecule has 1 atom stereocenters. The zero-order valence-electron chi connectivity index (χ0n) is 13.7. The summed E-state index contributed by atoms with van der Waals surface area (Å²) < 4.78 is 34.1. The van der Waals surface area contributed by atoms with Crippen LogP contribution in [0, 0.1) is 6.92 Å². The molecule has 0 amide bonds. The van der Waals surface area contributed by atoms with E-state index in [4.69, 9.17) is 10.5 Å². The average Bonchev–Trinajstić information content (AvgIpc) is 2.61. The summed E-state index contributed by atoms with van der Waals surface area (Å²) in [7, 11) is 0. The highest BCUT2D eigenvalue weighted by Crippen LogP contribution is 2.34. The van der Waals surface area contributed by atoms with E-state index in [1.807, 2.05) is 0 Å². The van der Waals surface area contributed by atoms with Crippen LogP contribution in [-0.4, -0.2) is 24.2 Å². The number of carbonyl (C=O) groups is 2. The molecule has 2 aromatic carbocycles. The van der Waals surface area contributed by atoms with Gasteiger partial charge in [0.25, 0.3) is 0 Å². The number of hydrogen-bond donors (Lipinski definition) is 1. The van der Waals surface area contributed by atoms with E-state index in [-0.39, 0.29) is 5.56 Å². The largest absolute Gasteiger partial charge is 0.456 e. The fourth-order valence-corrected chi connectivity index (χ4v) is 2.43. The number of alkyl halides is 2. The van der Waals surface area contributed by atoms with Crippen molar-refractivity contribution in [2.45, 2.75) is 25.4 Å². The lowest BCUT2D eigenvalue weighted by Crippen LogP contribution is -2.33. The molecule has 0 radical (unpaired) electrons. The molecule has 0 spiro atoms. The molecule has 6 heteroatoms. The Morgan fingerprint density at radius 2 is 1.80 bits per heavy atom. The maximum Gasteiger partial charge on any atom is 0.320 e. The van der Waals surface area contributed by atoms with Crippen molar-refractivity contribution in [3.63, 3.8) is 0 Å². The number of ketones is 1. The Morgan fingerprint density at radius 3 is 2.40 bits per heavy atom. The Labute approximate surface area is 144 Å². The predicted molar refractivity (Wildman–Crippen MR) is 89.4 cm³/mol. The van der Waals surface area contributed by atoms with Gasteiger partial charge in [-0.25, -0.2) is 0 Å². The average molecular weight is 347 g/mol. The maximum absolute atomic E-state index is 14.5. The van der Waals surface area contributed by atoms with E-state index in [9.17, 15) is 18.4 Å². The summed E-state index contributed by atoms with van der Waals surface area (Å²) in [6.07, 6.45) is -2.21. The van der Waals surface area contributed by atoms with Crippen LogP contribution in [0.1, 0.15) is 34.0 Å². The molecule has 0 heterocycles. The van der Waals surface area contributed by atoms with Gasteiger partial charge in [0, 0.05) is 5.56 Å². The molecule has 2 aromatic rings. The Morgan fingerprint density at radius 1 is 1.12 bits per heavy atom. The van der Waals surface area contributed by atoms with Crippen LogP contribution in [0.3, 0.4) is 0 Å². The van der Waals surface area contributed by atoms with E-state index in [0.29, 0.717) is 5.56 Å². The molecule has 0 aliphatic heterocycles. The number of nitrogens with two attached hydrogens (primary N) is 1. The summed E-state index contributed by atoms with van der Waals surface area (Å²) in [6, 6.07) is 14.0. The van der Waals surface area contributed by atoms with Crippen LogP contribution in [0.15, 0.2) is 54.6 Å². The summed E-state index contributed by atoms with van der Waals surface area (Å²) in [5.74, 6) is -5.81. The van der Waals surface area contributed by atoms with Crippen LogP contribution in [0.2, 0.25) is 0 Å². The fraction of sp³-hybridized carbons (Fsp3) is 0.263. The molecule has 0 saturated carbocycles. The molecule has 0 saturated heterocycles. The molecule has 0 aliphatic rings. The minimum absolute atomic E-state index is 0.0966. The molecule has 0 aromatic heterocycles. The topological polar surface area (TPSA) is 69.4 Å². The summed E-state index contributed by atoms with van der Waals surface area (Å²) in [6.45, 7) is 1.36. The van der Waals surface area contributed by atoms with Gasteiger partial charge >= 0.3 is 11.9 Å². The van der Waals surface area contributed by atoms with Gasteiger partial charge in [-0.15, -0.1) is 0 Å². The van der Waals surface area contributed by atoms with Crippen molar-refractivity contribution in [2.24, 2.45) is 5.73 Å². The second-order valence-corrected chi connectivity index (χ2v) is 5.70. The third-order valence-corrected chi connectivity index (χ3v) is 3.66. The van der Waals surface area contributed by atoms with Crippen LogP contribution in [0.5, 0.6) is 0 Å². The Balaban J connectivity index is 2.28. The summed E-state index contributed by atoms with van der Waals surface area (Å²) >= 11 is 0. The number of rotatable bonds is 7. The van der Waals surface area contributed by atoms with Gasteiger partial charge in [0.1, 0.15) is 6.10 Å². The first-order valence-corrected chi connectivity index (χ1v) is 7.77. The molecule has 0 fully saturated rings. The molecule has 0 bridgehead atoms. The minimum atomic E-state index is -3.69. The Kier molecular flexibility index (Phi) is 5.98. The first kappa shape index (κ1) is 18.7. The lowest BCUT2D eigenvalue weighted by molar-refractivity contribution is -0.151. The predicted octanol–water partition coefficient (Wildman–Crippen LogP) is 3.45. The molecule has 132 valence electrons. The highest BCUT2D eigenvalue weighted by atomic mass is 19.3. The third-order valence-electron chi connectivity index (χ3n) is 3.66. The van der Waals surface area contributed by atoms with Crippen molar-refractivity contribution < 1.29 is 23.1 Å². The summed E-state index contributed by atoms with van der Waals surface area (Å²) in [5, 5.41) is 0. The first-order valence-electron chi connectivity index (χ1n) is 7.77. The van der Waals surface area contributed by atoms with E-state index >= 15 is 0 Å². The highest BCUT2D eigenvalue weighted by molar-refractivity contribution is 6.01. The molecule has 25 heavy (non-hydrogen) atoms. The summed E-state index contributed by atoms with van der Waals surface area (Å²) in [5.41, 5.74) is 6.33. The first-order chi connectivity index (χ1) is 11.8. The lowest BCUT2D eigenvalue weighted by Gasteiger charge is -2.23. The number of Topliss-reactive ketones (excluding diaryl/α,β-unsaturated/α-hetero) is 1. The zero-order chi connectivity index (χ0) is 18.4. The normalized spacial score (nSPS) is 12.5. The third kappa shape index (κ3) is 4.93. The van der Waals surface area contributed by atoms with Gasteiger partial charge in [-0.1, -0.05) is 60.2 Å². The maximum atomic E-state index is 14.5. The second-order valence-electron chi connectivity index (χ2n) is 5.70.